The van der Waals surface area contributed by atoms with E-state index >= 15 is 0 Å². The molecule has 9 heteroatoms. The molecule has 0 aliphatic carbocycles. The van der Waals surface area contributed by atoms with Crippen molar-refractivity contribution in [1.82, 2.24) is 15.4 Å². The Labute approximate surface area is 138 Å². The van der Waals surface area contributed by atoms with Crippen molar-refractivity contribution in [3.8, 4) is 11.3 Å². The van der Waals surface area contributed by atoms with Gasteiger partial charge in [-0.2, -0.15) is 15.4 Å². The molecule has 1 saturated heterocycles. The highest BCUT2D eigenvalue weighted by molar-refractivity contribution is 6.63. The Bertz CT molecular complexity index is 790. The molecule has 0 atom stereocenters. The lowest BCUT2D eigenvalue weighted by Crippen LogP contribution is -2.41. The van der Waals surface area contributed by atoms with Crippen molar-refractivity contribution >= 4 is 18.5 Å². The van der Waals surface area contributed by atoms with Gasteiger partial charge in [-0.25, -0.2) is 4.39 Å². The highest BCUT2D eigenvalue weighted by Crippen LogP contribution is 2.37. The SMILES string of the molecule is CC1(C)OB(c2cc(F)ccc2-c2n[nH]nc2C(N)=O)OC1(C)C. The van der Waals surface area contributed by atoms with Crippen LogP contribution in [0.25, 0.3) is 11.3 Å². The summed E-state index contributed by atoms with van der Waals surface area (Å²) < 4.78 is 25.8. The number of carbonyl (C=O) groups excluding carboxylic acids is 1. The summed E-state index contributed by atoms with van der Waals surface area (Å²) >= 11 is 0. The number of nitrogens with zero attached hydrogens (tertiary/aromatic N) is 2. The average Bonchev–Trinajstić information content (AvgIpc) is 3.02. The van der Waals surface area contributed by atoms with Gasteiger partial charge in [0.1, 0.15) is 11.5 Å². The molecule has 1 amide bonds. The van der Waals surface area contributed by atoms with Crippen LogP contribution in [0.15, 0.2) is 18.2 Å². The molecule has 0 radical (unpaired) electrons. The zero-order chi connectivity index (χ0) is 17.7. The molecular formula is C15H18BFN4O3. The van der Waals surface area contributed by atoms with Crippen molar-refractivity contribution in [2.45, 2.75) is 38.9 Å². The zero-order valence-corrected chi connectivity index (χ0v) is 13.9. The number of amides is 1. The van der Waals surface area contributed by atoms with Crippen LogP contribution in [0.2, 0.25) is 0 Å². The molecule has 2 aromatic rings. The van der Waals surface area contributed by atoms with Crippen molar-refractivity contribution < 1.29 is 18.5 Å². The summed E-state index contributed by atoms with van der Waals surface area (Å²) in [5.41, 5.74) is 5.24. The lowest BCUT2D eigenvalue weighted by Gasteiger charge is -2.32. The Kier molecular flexibility index (Phi) is 3.73. The maximum atomic E-state index is 13.8. The largest absolute Gasteiger partial charge is 0.495 e. The summed E-state index contributed by atoms with van der Waals surface area (Å²) in [6, 6.07) is 4.07. The predicted octanol–water partition coefficient (Wildman–Crippen LogP) is 1.01. The van der Waals surface area contributed by atoms with Crippen LogP contribution in [0.5, 0.6) is 0 Å². The minimum atomic E-state index is -0.807. The van der Waals surface area contributed by atoms with Gasteiger partial charge in [0.2, 0.25) is 0 Å². The van der Waals surface area contributed by atoms with Gasteiger partial charge in [-0.15, -0.1) is 0 Å². The maximum absolute atomic E-state index is 13.8. The Morgan fingerprint density at radius 3 is 2.42 bits per heavy atom. The molecule has 1 aromatic heterocycles. The fraction of sp³-hybridized carbons (Fsp3) is 0.400. The van der Waals surface area contributed by atoms with Gasteiger partial charge in [-0.1, -0.05) is 6.07 Å². The van der Waals surface area contributed by atoms with Gasteiger partial charge in [-0.05, 0) is 45.3 Å². The first kappa shape index (κ1) is 16.6. The average molecular weight is 332 g/mol. The Hall–Kier alpha value is -2.26. The van der Waals surface area contributed by atoms with E-state index in [0.29, 0.717) is 11.0 Å². The van der Waals surface area contributed by atoms with E-state index in [9.17, 15) is 9.18 Å². The van der Waals surface area contributed by atoms with Gasteiger partial charge >= 0.3 is 7.12 Å². The van der Waals surface area contributed by atoms with Gasteiger partial charge in [0.05, 0.1) is 11.2 Å². The van der Waals surface area contributed by atoms with Crippen molar-refractivity contribution in [3.63, 3.8) is 0 Å². The molecule has 2 heterocycles. The molecule has 1 aliphatic rings. The van der Waals surface area contributed by atoms with Gasteiger partial charge in [0.15, 0.2) is 5.69 Å². The van der Waals surface area contributed by atoms with E-state index in [2.05, 4.69) is 15.4 Å². The van der Waals surface area contributed by atoms with E-state index < -0.39 is 30.0 Å². The maximum Gasteiger partial charge on any atom is 0.495 e. The van der Waals surface area contributed by atoms with Gasteiger partial charge in [0, 0.05) is 5.56 Å². The second kappa shape index (κ2) is 5.39. The van der Waals surface area contributed by atoms with Crippen LogP contribution in [0.3, 0.4) is 0 Å². The van der Waals surface area contributed by atoms with Crippen LogP contribution in [0.4, 0.5) is 4.39 Å². The van der Waals surface area contributed by atoms with Crippen LogP contribution < -0.4 is 11.2 Å². The monoisotopic (exact) mass is 332 g/mol. The molecule has 1 fully saturated rings. The minimum Gasteiger partial charge on any atom is -0.399 e. The fourth-order valence-electron chi connectivity index (χ4n) is 2.50. The molecule has 3 rings (SSSR count). The number of carbonyl (C=O) groups is 1. The second-order valence-electron chi connectivity index (χ2n) is 6.70. The van der Waals surface area contributed by atoms with E-state index in [1.165, 1.54) is 18.2 Å². The predicted molar refractivity (Wildman–Crippen MR) is 86.0 cm³/mol. The summed E-state index contributed by atoms with van der Waals surface area (Å²) in [7, 11) is -0.807. The minimum absolute atomic E-state index is 0.0284. The topological polar surface area (TPSA) is 103 Å². The smallest absolute Gasteiger partial charge is 0.399 e. The highest BCUT2D eigenvalue weighted by atomic mass is 19.1. The van der Waals surface area contributed by atoms with Gasteiger partial charge < -0.3 is 15.0 Å². The zero-order valence-electron chi connectivity index (χ0n) is 13.9. The molecule has 1 aliphatic heterocycles. The number of H-pyrrole nitrogens is 1. The van der Waals surface area contributed by atoms with E-state index in [1.54, 1.807) is 0 Å². The molecule has 0 unspecified atom stereocenters. The molecule has 0 spiro atoms. The van der Waals surface area contributed by atoms with Gasteiger partial charge in [0.25, 0.3) is 5.91 Å². The molecule has 126 valence electrons. The van der Waals surface area contributed by atoms with Crippen LogP contribution in [-0.2, 0) is 9.31 Å². The van der Waals surface area contributed by atoms with Crippen LogP contribution in [0, 0.1) is 5.82 Å². The molecule has 0 bridgehead atoms. The number of halogens is 1. The first-order valence-electron chi connectivity index (χ1n) is 7.48. The first-order valence-corrected chi connectivity index (χ1v) is 7.48. The number of rotatable bonds is 3. The number of nitrogens with one attached hydrogen (secondary N) is 1. The number of nitrogens with two attached hydrogens (primary N) is 1. The lowest BCUT2D eigenvalue weighted by molar-refractivity contribution is 0.00578. The number of aromatic nitrogens is 3. The van der Waals surface area contributed by atoms with Crippen molar-refractivity contribution in [3.05, 3.63) is 29.7 Å². The van der Waals surface area contributed by atoms with Crippen LogP contribution >= 0.6 is 0 Å². The van der Waals surface area contributed by atoms with E-state index in [4.69, 9.17) is 15.0 Å². The summed E-state index contributed by atoms with van der Waals surface area (Å²) in [5, 5.41) is 10.1. The third kappa shape index (κ3) is 2.59. The molecule has 3 N–H and O–H groups in total. The summed E-state index contributed by atoms with van der Waals surface area (Å²) in [6.07, 6.45) is 0. The normalized spacial score (nSPS) is 18.8. The fourth-order valence-corrected chi connectivity index (χ4v) is 2.50. The molecule has 1 aromatic carbocycles. The summed E-state index contributed by atoms with van der Waals surface area (Å²) in [4.78, 5) is 11.5. The number of hydrogen-bond donors (Lipinski definition) is 2. The first-order chi connectivity index (χ1) is 11.1. The standard InChI is InChI=1S/C15H18BFN4O3/c1-14(2)15(3,4)24-16(23-14)10-7-8(17)5-6-9(10)11-12(13(18)22)20-21-19-11/h5-7H,1-4H3,(H2,18,22)(H,19,20,21). The van der Waals surface area contributed by atoms with Gasteiger partial charge in [-0.3, -0.25) is 4.79 Å². The summed E-state index contributed by atoms with van der Waals surface area (Å²) in [5.74, 6) is -1.18. The van der Waals surface area contributed by atoms with Crippen molar-refractivity contribution in [2.24, 2.45) is 5.73 Å². The third-order valence-corrected chi connectivity index (χ3v) is 4.56. The number of primary amides is 1. The molecular weight excluding hydrogens is 314 g/mol. The number of aromatic amines is 1. The van der Waals surface area contributed by atoms with E-state index in [0.717, 1.165) is 0 Å². The Morgan fingerprint density at radius 2 is 1.83 bits per heavy atom. The quantitative estimate of drug-likeness (QED) is 0.817. The number of benzene rings is 1. The summed E-state index contributed by atoms with van der Waals surface area (Å²) in [6.45, 7) is 7.60. The Morgan fingerprint density at radius 1 is 1.21 bits per heavy atom. The van der Waals surface area contributed by atoms with Crippen LogP contribution in [0.1, 0.15) is 38.2 Å². The molecule has 7 nitrogen and oxygen atoms in total. The lowest BCUT2D eigenvalue weighted by atomic mass is 9.75. The van der Waals surface area contributed by atoms with Crippen molar-refractivity contribution in [2.75, 3.05) is 0 Å². The molecule has 24 heavy (non-hydrogen) atoms. The van der Waals surface area contributed by atoms with Crippen LogP contribution in [-0.4, -0.2) is 39.6 Å². The molecule has 0 saturated carbocycles. The Balaban J connectivity index is 2.11. The third-order valence-electron chi connectivity index (χ3n) is 4.56. The highest BCUT2D eigenvalue weighted by Gasteiger charge is 2.52. The second-order valence-corrected chi connectivity index (χ2v) is 6.70. The van der Waals surface area contributed by atoms with E-state index in [1.807, 2.05) is 27.7 Å². The van der Waals surface area contributed by atoms with Crippen molar-refractivity contribution in [1.29, 1.82) is 0 Å². The number of hydrogen-bond acceptors (Lipinski definition) is 5. The van der Waals surface area contributed by atoms with E-state index in [-0.39, 0.29) is 11.4 Å².